The number of hydrogen-bond acceptors (Lipinski definition) is 5. The van der Waals surface area contributed by atoms with E-state index in [1.165, 1.54) is 12.0 Å². The van der Waals surface area contributed by atoms with Crippen LogP contribution in [-0.2, 0) is 10.5 Å². The number of nitrogens with zero attached hydrogens (tertiary/aromatic N) is 3. The van der Waals surface area contributed by atoms with Crippen LogP contribution in [0.4, 0.5) is 0 Å². The van der Waals surface area contributed by atoms with Crippen LogP contribution in [0.2, 0.25) is 0 Å². The van der Waals surface area contributed by atoms with Gasteiger partial charge in [-0.25, -0.2) is 4.98 Å². The molecule has 148 valence electrons. The summed E-state index contributed by atoms with van der Waals surface area (Å²) in [5, 5.41) is 2.06. The molecule has 2 amide bonds. The number of rotatable bonds is 5. The monoisotopic (exact) mass is 415 g/mol. The van der Waals surface area contributed by atoms with Gasteiger partial charge in [-0.2, -0.15) is 0 Å². The number of aryl methyl sites for hydroxylation is 1. The van der Waals surface area contributed by atoms with Crippen LogP contribution in [0.3, 0.4) is 0 Å². The van der Waals surface area contributed by atoms with Crippen molar-refractivity contribution in [1.82, 2.24) is 14.8 Å². The summed E-state index contributed by atoms with van der Waals surface area (Å²) in [5.41, 5.74) is 2.96. The minimum atomic E-state index is 0.0606. The Hall–Kier alpha value is -1.86. The molecule has 2 aromatic rings. The van der Waals surface area contributed by atoms with Crippen molar-refractivity contribution in [1.29, 1.82) is 0 Å². The fourth-order valence-electron chi connectivity index (χ4n) is 3.51. The van der Waals surface area contributed by atoms with Crippen LogP contribution < -0.4 is 0 Å². The number of aromatic nitrogens is 1. The lowest BCUT2D eigenvalue weighted by molar-refractivity contribution is -0.139. The molecule has 7 heteroatoms. The molecule has 0 spiro atoms. The minimum absolute atomic E-state index is 0.0606. The van der Waals surface area contributed by atoms with Crippen molar-refractivity contribution in [3.63, 3.8) is 0 Å². The lowest BCUT2D eigenvalue weighted by atomic mass is 9.84. The average Bonchev–Trinajstić information content (AvgIpc) is 3.10. The number of carbonyl (C=O) groups is 2. The van der Waals surface area contributed by atoms with E-state index in [2.05, 4.69) is 10.4 Å². The molecule has 1 aromatic carbocycles. The lowest BCUT2D eigenvalue weighted by Gasteiger charge is -2.38. The Labute approximate surface area is 174 Å². The largest absolute Gasteiger partial charge is 0.339 e. The highest BCUT2D eigenvalue weighted by atomic mass is 32.2. The van der Waals surface area contributed by atoms with Gasteiger partial charge in [0.1, 0.15) is 4.34 Å². The molecule has 28 heavy (non-hydrogen) atoms. The first-order valence-electron chi connectivity index (χ1n) is 9.82. The summed E-state index contributed by atoms with van der Waals surface area (Å²) in [6.07, 6.45) is 3.24. The maximum atomic E-state index is 12.8. The average molecular weight is 416 g/mol. The molecule has 2 aliphatic rings. The van der Waals surface area contributed by atoms with E-state index >= 15 is 0 Å². The molecule has 4 rings (SSSR count). The van der Waals surface area contributed by atoms with Crippen LogP contribution >= 0.6 is 23.1 Å². The summed E-state index contributed by atoms with van der Waals surface area (Å²) in [4.78, 5) is 33.4. The Morgan fingerprint density at radius 1 is 1.11 bits per heavy atom. The molecular formula is C21H25N3O2S2. The standard InChI is InChI=1S/C21H25N3O2S2/c1-15-13-27-21(22-15)28-14-16-5-7-18(8-6-16)20(26)24-11-9-23(10-12-24)19(25)17-3-2-4-17/h5-8,13,17H,2-4,9-12,14H2,1H3. The molecule has 0 unspecified atom stereocenters. The van der Waals surface area contributed by atoms with Gasteiger partial charge in [0.05, 0.1) is 0 Å². The van der Waals surface area contributed by atoms with Crippen molar-refractivity contribution in [3.05, 3.63) is 46.5 Å². The second kappa shape index (κ2) is 8.66. The Kier molecular flexibility index (Phi) is 6.01. The second-order valence-corrected chi connectivity index (χ2v) is 9.57. The molecule has 0 bridgehead atoms. The molecule has 1 saturated carbocycles. The van der Waals surface area contributed by atoms with Crippen LogP contribution in [0.5, 0.6) is 0 Å². The van der Waals surface area contributed by atoms with E-state index in [9.17, 15) is 9.59 Å². The van der Waals surface area contributed by atoms with Gasteiger partial charge in [0, 0.05) is 54.5 Å². The topological polar surface area (TPSA) is 53.5 Å². The number of thiazole rings is 1. The smallest absolute Gasteiger partial charge is 0.253 e. The van der Waals surface area contributed by atoms with Gasteiger partial charge in [0.25, 0.3) is 5.91 Å². The van der Waals surface area contributed by atoms with Crippen LogP contribution in [0.25, 0.3) is 0 Å². The zero-order valence-electron chi connectivity index (χ0n) is 16.1. The molecule has 5 nitrogen and oxygen atoms in total. The third-order valence-electron chi connectivity index (χ3n) is 5.49. The third-order valence-corrected chi connectivity index (χ3v) is 7.70. The molecule has 0 atom stereocenters. The summed E-state index contributed by atoms with van der Waals surface area (Å²) in [5.74, 6) is 1.44. The molecule has 0 radical (unpaired) electrons. The predicted molar refractivity (Wildman–Crippen MR) is 113 cm³/mol. The van der Waals surface area contributed by atoms with E-state index < -0.39 is 0 Å². The minimum Gasteiger partial charge on any atom is -0.339 e. The van der Waals surface area contributed by atoms with Crippen LogP contribution in [0, 0.1) is 12.8 Å². The number of benzene rings is 1. The van der Waals surface area contributed by atoms with Crippen LogP contribution in [0.15, 0.2) is 34.0 Å². The Morgan fingerprint density at radius 3 is 2.36 bits per heavy atom. The van der Waals surface area contributed by atoms with E-state index in [0.717, 1.165) is 34.2 Å². The zero-order valence-corrected chi connectivity index (χ0v) is 17.7. The van der Waals surface area contributed by atoms with E-state index in [1.54, 1.807) is 23.1 Å². The number of thioether (sulfide) groups is 1. The van der Waals surface area contributed by atoms with Gasteiger partial charge in [-0.1, -0.05) is 30.3 Å². The fourth-order valence-corrected chi connectivity index (χ4v) is 5.32. The molecule has 0 N–H and O–H groups in total. The SMILES string of the molecule is Cc1csc(SCc2ccc(C(=O)N3CCN(C(=O)C4CCC4)CC3)cc2)n1. The van der Waals surface area contributed by atoms with Gasteiger partial charge < -0.3 is 9.80 Å². The summed E-state index contributed by atoms with van der Waals surface area (Å²) >= 11 is 3.39. The Morgan fingerprint density at radius 2 is 1.79 bits per heavy atom. The molecular weight excluding hydrogens is 390 g/mol. The Balaban J connectivity index is 1.28. The van der Waals surface area contributed by atoms with Gasteiger partial charge in [-0.3, -0.25) is 9.59 Å². The molecule has 2 heterocycles. The number of amides is 2. The van der Waals surface area contributed by atoms with Crippen LogP contribution in [0.1, 0.15) is 40.9 Å². The molecule has 2 fully saturated rings. The summed E-state index contributed by atoms with van der Waals surface area (Å²) < 4.78 is 1.08. The number of piperazine rings is 1. The normalized spacial score (nSPS) is 17.5. The van der Waals surface area contributed by atoms with Crippen molar-refractivity contribution < 1.29 is 9.59 Å². The summed E-state index contributed by atoms with van der Waals surface area (Å²) in [7, 11) is 0. The highest BCUT2D eigenvalue weighted by molar-refractivity contribution is 8.00. The molecule has 1 aliphatic heterocycles. The molecule has 1 aromatic heterocycles. The van der Waals surface area contributed by atoms with Crippen molar-refractivity contribution in [2.24, 2.45) is 5.92 Å². The van der Waals surface area contributed by atoms with Gasteiger partial charge in [-0.15, -0.1) is 11.3 Å². The van der Waals surface area contributed by atoms with Crippen LogP contribution in [-0.4, -0.2) is 52.8 Å². The maximum Gasteiger partial charge on any atom is 0.253 e. The van der Waals surface area contributed by atoms with E-state index in [4.69, 9.17) is 0 Å². The van der Waals surface area contributed by atoms with Gasteiger partial charge in [0.2, 0.25) is 5.91 Å². The van der Waals surface area contributed by atoms with Gasteiger partial charge >= 0.3 is 0 Å². The summed E-state index contributed by atoms with van der Waals surface area (Å²) in [6, 6.07) is 7.88. The quantitative estimate of drug-likeness (QED) is 0.697. The van der Waals surface area contributed by atoms with Crippen molar-refractivity contribution in [3.8, 4) is 0 Å². The van der Waals surface area contributed by atoms with Gasteiger partial charge in [-0.05, 0) is 37.5 Å². The lowest BCUT2D eigenvalue weighted by Crippen LogP contribution is -2.52. The summed E-state index contributed by atoms with van der Waals surface area (Å²) in [6.45, 7) is 4.56. The molecule has 1 aliphatic carbocycles. The second-order valence-electron chi connectivity index (χ2n) is 7.49. The first kappa shape index (κ1) is 19.5. The fraction of sp³-hybridized carbons (Fsp3) is 0.476. The molecule has 1 saturated heterocycles. The first-order chi connectivity index (χ1) is 13.6. The Bertz CT molecular complexity index is 838. The van der Waals surface area contributed by atoms with Crippen molar-refractivity contribution >= 4 is 34.9 Å². The zero-order chi connectivity index (χ0) is 19.5. The van der Waals surface area contributed by atoms with Gasteiger partial charge in [0.15, 0.2) is 0 Å². The number of carbonyl (C=O) groups excluding carboxylic acids is 2. The highest BCUT2D eigenvalue weighted by Crippen LogP contribution is 2.29. The highest BCUT2D eigenvalue weighted by Gasteiger charge is 2.32. The predicted octanol–water partition coefficient (Wildman–Crippen LogP) is 3.83. The van der Waals surface area contributed by atoms with E-state index in [0.29, 0.717) is 26.2 Å². The first-order valence-corrected chi connectivity index (χ1v) is 11.7. The maximum absolute atomic E-state index is 12.8. The third kappa shape index (κ3) is 4.41. The van der Waals surface area contributed by atoms with Crippen molar-refractivity contribution in [2.45, 2.75) is 36.3 Å². The van der Waals surface area contributed by atoms with Crippen molar-refractivity contribution in [2.75, 3.05) is 26.2 Å². The number of hydrogen-bond donors (Lipinski definition) is 0. The van der Waals surface area contributed by atoms with E-state index in [1.807, 2.05) is 41.0 Å². The van der Waals surface area contributed by atoms with E-state index in [-0.39, 0.29) is 17.7 Å².